The van der Waals surface area contributed by atoms with Gasteiger partial charge < -0.3 is 15.0 Å². The van der Waals surface area contributed by atoms with Crippen LogP contribution < -0.4 is 5.32 Å². The van der Waals surface area contributed by atoms with Gasteiger partial charge in [-0.05, 0) is 18.8 Å². The maximum absolute atomic E-state index is 12.1. The highest BCUT2D eigenvalue weighted by Crippen LogP contribution is 2.04. The first kappa shape index (κ1) is 16.2. The van der Waals surface area contributed by atoms with Crippen molar-refractivity contribution in [3.05, 3.63) is 0 Å². The third-order valence-corrected chi connectivity index (χ3v) is 2.24. The van der Waals surface area contributed by atoms with Crippen molar-refractivity contribution < 1.29 is 9.53 Å². The van der Waals surface area contributed by atoms with Gasteiger partial charge in [-0.25, -0.2) is 4.79 Å². The van der Waals surface area contributed by atoms with Crippen LogP contribution in [0.5, 0.6) is 0 Å². The molecule has 17 heavy (non-hydrogen) atoms. The van der Waals surface area contributed by atoms with Crippen LogP contribution >= 0.6 is 0 Å². The second kappa shape index (κ2) is 8.34. The van der Waals surface area contributed by atoms with E-state index in [4.69, 9.17) is 4.74 Å². The van der Waals surface area contributed by atoms with Crippen LogP contribution in [0.3, 0.4) is 0 Å². The molecule has 0 bridgehead atoms. The third-order valence-electron chi connectivity index (χ3n) is 2.24. The van der Waals surface area contributed by atoms with E-state index in [2.05, 4.69) is 33.0 Å². The molecule has 0 rings (SSSR count). The lowest BCUT2D eigenvalue weighted by atomic mass is 10.1. The molecular weight excluding hydrogens is 216 g/mol. The molecule has 0 aliphatic carbocycles. The molecule has 0 spiro atoms. The zero-order chi connectivity index (χ0) is 13.4. The average molecular weight is 244 g/mol. The Morgan fingerprint density at radius 3 is 1.94 bits per heavy atom. The number of hydrogen-bond donors (Lipinski definition) is 1. The molecule has 4 nitrogen and oxygen atoms in total. The van der Waals surface area contributed by atoms with Gasteiger partial charge in [0.25, 0.3) is 0 Å². The van der Waals surface area contributed by atoms with Gasteiger partial charge in [-0.15, -0.1) is 0 Å². The normalized spacial score (nSPS) is 12.9. The van der Waals surface area contributed by atoms with Crippen molar-refractivity contribution in [1.82, 2.24) is 10.2 Å². The Balaban J connectivity index is 4.30. The number of carbonyl (C=O) groups is 1. The molecule has 0 unspecified atom stereocenters. The van der Waals surface area contributed by atoms with Crippen molar-refractivity contribution in [3.63, 3.8) is 0 Å². The number of hydrogen-bond acceptors (Lipinski definition) is 2. The monoisotopic (exact) mass is 244 g/mol. The molecule has 0 radical (unpaired) electrons. The molecule has 0 heterocycles. The summed E-state index contributed by atoms with van der Waals surface area (Å²) in [5.74, 6) is 0.967. The van der Waals surface area contributed by atoms with Crippen LogP contribution in [0.4, 0.5) is 4.79 Å². The molecular formula is C13H28N2O2. The van der Waals surface area contributed by atoms with Crippen molar-refractivity contribution in [2.75, 3.05) is 26.8 Å². The zero-order valence-corrected chi connectivity index (χ0v) is 12.1. The second-order valence-electron chi connectivity index (χ2n) is 5.50. The number of rotatable bonds is 7. The van der Waals surface area contributed by atoms with Gasteiger partial charge in [0.1, 0.15) is 0 Å². The summed E-state index contributed by atoms with van der Waals surface area (Å²) in [6.07, 6.45) is 0. The molecule has 2 amide bonds. The standard InChI is InChI=1S/C13H28N2O2/c1-10(2)7-15(8-11(3)4)13(16)14-12(5)9-17-6/h10-12H,7-9H2,1-6H3,(H,14,16)/t12-/m1/s1. The summed E-state index contributed by atoms with van der Waals surface area (Å²) < 4.78 is 5.01. The Bertz CT molecular complexity index is 207. The highest BCUT2D eigenvalue weighted by atomic mass is 16.5. The Hall–Kier alpha value is -0.770. The molecule has 1 N–H and O–H groups in total. The maximum Gasteiger partial charge on any atom is 0.317 e. The van der Waals surface area contributed by atoms with E-state index in [9.17, 15) is 4.79 Å². The molecule has 102 valence electrons. The summed E-state index contributed by atoms with van der Waals surface area (Å²) >= 11 is 0. The van der Waals surface area contributed by atoms with Crippen molar-refractivity contribution in [2.24, 2.45) is 11.8 Å². The predicted octanol–water partition coefficient (Wildman–Crippen LogP) is 2.34. The van der Waals surface area contributed by atoms with E-state index in [1.807, 2.05) is 11.8 Å². The summed E-state index contributed by atoms with van der Waals surface area (Å²) in [6.45, 7) is 12.6. The molecule has 0 aliphatic heterocycles. The van der Waals surface area contributed by atoms with Gasteiger partial charge in [-0.2, -0.15) is 0 Å². The Morgan fingerprint density at radius 2 is 1.59 bits per heavy atom. The third kappa shape index (κ3) is 8.02. The largest absolute Gasteiger partial charge is 0.383 e. The molecule has 0 aliphatic rings. The van der Waals surface area contributed by atoms with Crippen LogP contribution in [0.25, 0.3) is 0 Å². The predicted molar refractivity (Wildman–Crippen MR) is 71.1 cm³/mol. The molecule has 0 aromatic heterocycles. The fourth-order valence-electron chi connectivity index (χ4n) is 1.72. The lowest BCUT2D eigenvalue weighted by Crippen LogP contribution is -2.47. The van der Waals surface area contributed by atoms with E-state index in [0.717, 1.165) is 13.1 Å². The molecule has 0 aromatic rings. The van der Waals surface area contributed by atoms with E-state index in [1.165, 1.54) is 0 Å². The lowest BCUT2D eigenvalue weighted by Gasteiger charge is -2.28. The Labute approximate surface area is 106 Å². The quantitative estimate of drug-likeness (QED) is 0.747. The van der Waals surface area contributed by atoms with Gasteiger partial charge in [0.2, 0.25) is 0 Å². The van der Waals surface area contributed by atoms with Crippen LogP contribution in [-0.4, -0.2) is 43.8 Å². The molecule has 4 heteroatoms. The van der Waals surface area contributed by atoms with Crippen molar-refractivity contribution >= 4 is 6.03 Å². The van der Waals surface area contributed by atoms with Gasteiger partial charge in [0.05, 0.1) is 12.6 Å². The Morgan fingerprint density at radius 1 is 1.12 bits per heavy atom. The van der Waals surface area contributed by atoms with E-state index < -0.39 is 0 Å². The smallest absolute Gasteiger partial charge is 0.317 e. The van der Waals surface area contributed by atoms with Gasteiger partial charge in [-0.1, -0.05) is 27.7 Å². The number of methoxy groups -OCH3 is 1. The number of ether oxygens (including phenoxy) is 1. The number of nitrogens with one attached hydrogen (secondary N) is 1. The molecule has 0 saturated carbocycles. The first-order chi connectivity index (χ1) is 7.86. The minimum Gasteiger partial charge on any atom is -0.383 e. The van der Waals surface area contributed by atoms with Crippen molar-refractivity contribution in [3.8, 4) is 0 Å². The summed E-state index contributed by atoms with van der Waals surface area (Å²) in [5, 5.41) is 2.95. The number of nitrogens with zero attached hydrogens (tertiary/aromatic N) is 1. The van der Waals surface area contributed by atoms with Crippen LogP contribution in [0.2, 0.25) is 0 Å². The summed E-state index contributed by atoms with van der Waals surface area (Å²) in [4.78, 5) is 13.9. The second-order valence-corrected chi connectivity index (χ2v) is 5.50. The fraction of sp³-hybridized carbons (Fsp3) is 0.923. The van der Waals surface area contributed by atoms with Crippen molar-refractivity contribution in [1.29, 1.82) is 0 Å². The maximum atomic E-state index is 12.1. The van der Waals surface area contributed by atoms with Gasteiger partial charge in [0.15, 0.2) is 0 Å². The van der Waals surface area contributed by atoms with E-state index in [-0.39, 0.29) is 12.1 Å². The Kier molecular flexibility index (Phi) is 7.96. The van der Waals surface area contributed by atoms with Crippen LogP contribution in [0.1, 0.15) is 34.6 Å². The molecule has 0 aromatic carbocycles. The molecule has 0 fully saturated rings. The summed E-state index contributed by atoms with van der Waals surface area (Å²) in [5.41, 5.74) is 0. The minimum atomic E-state index is 0.0111. The van der Waals surface area contributed by atoms with Gasteiger partial charge in [-0.3, -0.25) is 0 Å². The number of carbonyl (C=O) groups excluding carboxylic acids is 1. The minimum absolute atomic E-state index is 0.0111. The SMILES string of the molecule is COC[C@@H](C)NC(=O)N(CC(C)C)CC(C)C. The summed E-state index contributed by atoms with van der Waals surface area (Å²) in [6, 6.07) is 0.0614. The van der Waals surface area contributed by atoms with E-state index >= 15 is 0 Å². The fourth-order valence-corrected chi connectivity index (χ4v) is 1.72. The van der Waals surface area contributed by atoms with Crippen LogP contribution in [-0.2, 0) is 4.74 Å². The highest BCUT2D eigenvalue weighted by Gasteiger charge is 2.17. The topological polar surface area (TPSA) is 41.6 Å². The van der Waals surface area contributed by atoms with Crippen molar-refractivity contribution in [2.45, 2.75) is 40.7 Å². The zero-order valence-electron chi connectivity index (χ0n) is 12.1. The van der Waals surface area contributed by atoms with Gasteiger partial charge >= 0.3 is 6.03 Å². The van der Waals surface area contributed by atoms with Crippen LogP contribution in [0, 0.1) is 11.8 Å². The number of urea groups is 1. The lowest BCUT2D eigenvalue weighted by molar-refractivity contribution is 0.153. The first-order valence-corrected chi connectivity index (χ1v) is 6.41. The first-order valence-electron chi connectivity index (χ1n) is 6.41. The highest BCUT2D eigenvalue weighted by molar-refractivity contribution is 5.74. The van der Waals surface area contributed by atoms with Gasteiger partial charge in [0, 0.05) is 20.2 Å². The van der Waals surface area contributed by atoms with E-state index in [1.54, 1.807) is 7.11 Å². The molecule has 1 atom stereocenters. The van der Waals surface area contributed by atoms with E-state index in [0.29, 0.717) is 18.4 Å². The average Bonchev–Trinajstić information content (AvgIpc) is 2.15. The van der Waals surface area contributed by atoms with Crippen LogP contribution in [0.15, 0.2) is 0 Å². The molecule has 0 saturated heterocycles. The number of amides is 2. The summed E-state index contributed by atoms with van der Waals surface area (Å²) in [7, 11) is 1.64.